The summed E-state index contributed by atoms with van der Waals surface area (Å²) in [6, 6.07) is 23.7. The van der Waals surface area contributed by atoms with Crippen LogP contribution in [0.1, 0.15) is 22.9 Å². The number of hydrazine groups is 1. The van der Waals surface area contributed by atoms with Crippen molar-refractivity contribution in [1.82, 2.24) is 20.6 Å². The van der Waals surface area contributed by atoms with E-state index in [1.165, 1.54) is 4.68 Å². The monoisotopic (exact) mass is 381 g/mol. The van der Waals surface area contributed by atoms with Crippen molar-refractivity contribution in [2.45, 2.75) is 6.04 Å². The third kappa shape index (κ3) is 3.48. The molecule has 2 aromatic carbocycles. The second-order valence-corrected chi connectivity index (χ2v) is 6.74. The molecule has 0 saturated carbocycles. The van der Waals surface area contributed by atoms with E-state index in [0.717, 1.165) is 11.3 Å². The molecule has 1 aliphatic rings. The molecule has 4 rings (SSSR count). The van der Waals surface area contributed by atoms with E-state index in [9.17, 15) is 10.5 Å². The van der Waals surface area contributed by atoms with E-state index in [4.69, 9.17) is 5.73 Å². The SMILES string of the molecule is N#C/C(=C\C1CNNC1c1ccccc1)c1nn(-c2ccccc2)c(N)c1C#N. The summed E-state index contributed by atoms with van der Waals surface area (Å²) in [6.45, 7) is 0.654. The number of rotatable bonds is 4. The van der Waals surface area contributed by atoms with Gasteiger partial charge in [0.05, 0.1) is 17.3 Å². The van der Waals surface area contributed by atoms with E-state index in [-0.39, 0.29) is 23.3 Å². The average molecular weight is 381 g/mol. The second-order valence-electron chi connectivity index (χ2n) is 6.74. The summed E-state index contributed by atoms with van der Waals surface area (Å²) < 4.78 is 1.50. The van der Waals surface area contributed by atoms with Crippen LogP contribution in [0, 0.1) is 28.6 Å². The van der Waals surface area contributed by atoms with Gasteiger partial charge in [0.1, 0.15) is 29.2 Å². The van der Waals surface area contributed by atoms with Crippen LogP contribution in [0.25, 0.3) is 11.3 Å². The molecular formula is C22H19N7. The minimum atomic E-state index is 0.0126. The number of benzene rings is 2. The van der Waals surface area contributed by atoms with Crippen LogP contribution < -0.4 is 16.6 Å². The van der Waals surface area contributed by atoms with Gasteiger partial charge >= 0.3 is 0 Å². The number of para-hydroxylation sites is 1. The number of allylic oxidation sites excluding steroid dienone is 1. The Hall–Kier alpha value is -3.91. The number of nitrogen functional groups attached to an aromatic ring is 1. The lowest BCUT2D eigenvalue weighted by atomic mass is 9.92. The van der Waals surface area contributed by atoms with Gasteiger partial charge in [-0.05, 0) is 17.7 Å². The normalized spacial score (nSPS) is 18.9. The molecule has 1 aromatic heterocycles. The molecule has 1 fully saturated rings. The number of aromatic nitrogens is 2. The van der Waals surface area contributed by atoms with Crippen molar-refractivity contribution in [2.75, 3.05) is 12.3 Å². The van der Waals surface area contributed by atoms with Gasteiger partial charge in [0.25, 0.3) is 0 Å². The zero-order valence-electron chi connectivity index (χ0n) is 15.6. The Balaban J connectivity index is 1.75. The van der Waals surface area contributed by atoms with Gasteiger partial charge in [0.15, 0.2) is 0 Å². The molecule has 1 aliphatic heterocycles. The third-order valence-corrected chi connectivity index (χ3v) is 4.97. The first kappa shape index (κ1) is 18.5. The predicted octanol–water partition coefficient (Wildman–Crippen LogP) is 2.70. The van der Waals surface area contributed by atoms with E-state index < -0.39 is 0 Å². The van der Waals surface area contributed by atoms with Crippen molar-refractivity contribution in [3.05, 3.63) is 83.6 Å². The first-order chi connectivity index (χ1) is 14.2. The fourth-order valence-electron chi connectivity index (χ4n) is 3.54. The van der Waals surface area contributed by atoms with Crippen LogP contribution in [-0.2, 0) is 0 Å². The molecule has 142 valence electrons. The number of hydrogen-bond acceptors (Lipinski definition) is 6. The molecule has 3 aromatic rings. The van der Waals surface area contributed by atoms with Crippen molar-refractivity contribution in [1.29, 1.82) is 10.5 Å². The number of nitriles is 2. The van der Waals surface area contributed by atoms with Crippen molar-refractivity contribution >= 4 is 11.4 Å². The number of nitrogens with one attached hydrogen (secondary N) is 2. The average Bonchev–Trinajstić information content (AvgIpc) is 3.37. The van der Waals surface area contributed by atoms with Gasteiger partial charge in [0.2, 0.25) is 0 Å². The molecule has 2 heterocycles. The summed E-state index contributed by atoms with van der Waals surface area (Å²) in [6.07, 6.45) is 1.86. The van der Waals surface area contributed by atoms with Gasteiger partial charge in [-0.2, -0.15) is 15.6 Å². The van der Waals surface area contributed by atoms with E-state index in [1.807, 2.05) is 66.7 Å². The molecule has 0 aliphatic carbocycles. The summed E-state index contributed by atoms with van der Waals surface area (Å²) in [4.78, 5) is 0. The fraction of sp³-hybridized carbons (Fsp3) is 0.136. The molecular weight excluding hydrogens is 362 g/mol. The second kappa shape index (κ2) is 7.99. The maximum absolute atomic E-state index is 9.83. The molecule has 7 heteroatoms. The minimum Gasteiger partial charge on any atom is -0.382 e. The maximum atomic E-state index is 9.83. The Kier molecular flexibility index (Phi) is 5.08. The van der Waals surface area contributed by atoms with Crippen LogP contribution in [-0.4, -0.2) is 16.3 Å². The molecule has 0 spiro atoms. The number of nitrogens with two attached hydrogens (primary N) is 1. The van der Waals surface area contributed by atoms with Gasteiger partial charge in [0, 0.05) is 12.5 Å². The highest BCUT2D eigenvalue weighted by atomic mass is 15.4. The van der Waals surface area contributed by atoms with Crippen LogP contribution >= 0.6 is 0 Å². The van der Waals surface area contributed by atoms with Crippen LogP contribution in [0.15, 0.2) is 66.7 Å². The minimum absolute atomic E-state index is 0.0126. The summed E-state index contributed by atoms with van der Waals surface area (Å²) in [5, 5.41) is 24.0. The zero-order valence-corrected chi connectivity index (χ0v) is 15.6. The predicted molar refractivity (Wildman–Crippen MR) is 110 cm³/mol. The molecule has 2 unspecified atom stereocenters. The van der Waals surface area contributed by atoms with Crippen molar-refractivity contribution in [2.24, 2.45) is 5.92 Å². The zero-order chi connectivity index (χ0) is 20.2. The molecule has 0 bridgehead atoms. The summed E-state index contributed by atoms with van der Waals surface area (Å²) in [7, 11) is 0. The lowest BCUT2D eigenvalue weighted by Crippen LogP contribution is -2.24. The van der Waals surface area contributed by atoms with Gasteiger partial charge < -0.3 is 5.73 Å². The lowest BCUT2D eigenvalue weighted by Gasteiger charge is -2.16. The molecule has 29 heavy (non-hydrogen) atoms. The van der Waals surface area contributed by atoms with E-state index in [0.29, 0.717) is 17.8 Å². The largest absolute Gasteiger partial charge is 0.382 e. The summed E-state index contributed by atoms with van der Waals surface area (Å²) >= 11 is 0. The van der Waals surface area contributed by atoms with E-state index in [1.54, 1.807) is 0 Å². The molecule has 0 radical (unpaired) electrons. The molecule has 7 nitrogen and oxygen atoms in total. The van der Waals surface area contributed by atoms with Gasteiger partial charge in [-0.25, -0.2) is 10.1 Å². The Morgan fingerprint density at radius 3 is 2.45 bits per heavy atom. The van der Waals surface area contributed by atoms with Gasteiger partial charge in [-0.1, -0.05) is 54.6 Å². The molecule has 0 amide bonds. The number of hydrogen-bond donors (Lipinski definition) is 3. The molecule has 1 saturated heterocycles. The smallest absolute Gasteiger partial charge is 0.145 e. The summed E-state index contributed by atoms with van der Waals surface area (Å²) in [5.74, 6) is 0.235. The first-order valence-corrected chi connectivity index (χ1v) is 9.22. The Morgan fingerprint density at radius 1 is 1.10 bits per heavy atom. The number of nitrogens with zero attached hydrogens (tertiary/aromatic N) is 4. The van der Waals surface area contributed by atoms with Crippen molar-refractivity contribution in [3.63, 3.8) is 0 Å². The highest BCUT2D eigenvalue weighted by Gasteiger charge is 2.28. The van der Waals surface area contributed by atoms with Crippen LogP contribution in [0.4, 0.5) is 5.82 Å². The Morgan fingerprint density at radius 2 is 1.79 bits per heavy atom. The van der Waals surface area contributed by atoms with Crippen LogP contribution in [0.2, 0.25) is 0 Å². The van der Waals surface area contributed by atoms with E-state index in [2.05, 4.69) is 28.1 Å². The topological polar surface area (TPSA) is 115 Å². The van der Waals surface area contributed by atoms with Gasteiger partial charge in [-0.15, -0.1) is 0 Å². The van der Waals surface area contributed by atoms with Gasteiger partial charge in [-0.3, -0.25) is 5.43 Å². The van der Waals surface area contributed by atoms with Crippen LogP contribution in [0.5, 0.6) is 0 Å². The van der Waals surface area contributed by atoms with E-state index >= 15 is 0 Å². The summed E-state index contributed by atoms with van der Waals surface area (Å²) in [5.41, 5.74) is 15.3. The quantitative estimate of drug-likeness (QED) is 0.599. The Bertz CT molecular complexity index is 1120. The van der Waals surface area contributed by atoms with Crippen LogP contribution in [0.3, 0.4) is 0 Å². The first-order valence-electron chi connectivity index (χ1n) is 9.22. The highest BCUT2D eigenvalue weighted by molar-refractivity contribution is 5.81. The Labute approximate surface area is 168 Å². The fourth-order valence-corrected chi connectivity index (χ4v) is 3.54. The number of anilines is 1. The maximum Gasteiger partial charge on any atom is 0.145 e. The van der Waals surface area contributed by atoms with Crippen molar-refractivity contribution < 1.29 is 0 Å². The lowest BCUT2D eigenvalue weighted by molar-refractivity contribution is 0.540. The van der Waals surface area contributed by atoms with Crippen molar-refractivity contribution in [3.8, 4) is 17.8 Å². The highest BCUT2D eigenvalue weighted by Crippen LogP contribution is 2.31. The third-order valence-electron chi connectivity index (χ3n) is 4.97. The molecule has 4 N–H and O–H groups in total. The molecule has 2 atom stereocenters. The standard InChI is InChI=1S/C22H19N7/c23-12-16(11-17-14-26-27-20(17)15-7-3-1-4-8-15)21-19(13-24)22(25)29(28-21)18-9-5-2-6-10-18/h1-11,17,20,26-27H,14,25H2/b16-11+.